The lowest BCUT2D eigenvalue weighted by molar-refractivity contribution is -0.140. The van der Waals surface area contributed by atoms with Crippen molar-refractivity contribution < 1.29 is 36.3 Å². The topological polar surface area (TPSA) is 47.9 Å². The normalized spacial score (nSPS) is 11.1. The molecule has 0 aromatic heterocycles. The van der Waals surface area contributed by atoms with Crippen LogP contribution in [0.1, 0.15) is 44.1 Å². The highest BCUT2D eigenvalue weighted by atomic mass is 19.2. The fourth-order valence-electron chi connectivity index (χ4n) is 1.94. The summed E-state index contributed by atoms with van der Waals surface area (Å²) in [5.74, 6) is -10.4. The van der Waals surface area contributed by atoms with Crippen LogP contribution < -0.4 is 0 Å². The van der Waals surface area contributed by atoms with Crippen molar-refractivity contribution in [2.75, 3.05) is 7.11 Å². The molecule has 0 fully saturated rings. The van der Waals surface area contributed by atoms with E-state index in [1.54, 1.807) is 0 Å². The molecule has 0 heterocycles. The van der Waals surface area contributed by atoms with E-state index < -0.39 is 41.3 Å². The zero-order valence-corrected chi connectivity index (χ0v) is 13.6. The van der Waals surface area contributed by atoms with E-state index in [9.17, 15) is 26.7 Å². The zero-order valence-electron chi connectivity index (χ0n) is 13.6. The van der Waals surface area contributed by atoms with Gasteiger partial charge in [0.25, 0.3) is 0 Å². The molecule has 0 aliphatic heterocycles. The summed E-state index contributed by atoms with van der Waals surface area (Å²) in [6, 6.07) is 0. The molecule has 0 unspecified atom stereocenters. The molecule has 1 aromatic carbocycles. The molecule has 0 aliphatic carbocycles. The lowest BCUT2D eigenvalue weighted by Gasteiger charge is -2.06. The number of hydrogen-bond acceptors (Lipinski definition) is 4. The van der Waals surface area contributed by atoms with Gasteiger partial charge in [0.05, 0.1) is 12.7 Å². The van der Waals surface area contributed by atoms with Crippen molar-refractivity contribution in [1.29, 1.82) is 0 Å². The highest BCUT2D eigenvalue weighted by molar-refractivity contribution is 5.68. The lowest BCUT2D eigenvalue weighted by atomic mass is 10.1. The Kier molecular flexibility index (Phi) is 8.87. The van der Waals surface area contributed by atoms with Crippen LogP contribution in [0.2, 0.25) is 0 Å². The Balaban J connectivity index is 2.30. The minimum atomic E-state index is -2.21. The monoisotopic (exact) mass is 367 g/mol. The molecule has 1 rings (SSSR count). The zero-order chi connectivity index (χ0) is 18.8. The predicted molar refractivity (Wildman–Crippen MR) is 79.2 cm³/mol. The minimum Gasteiger partial charge on any atom is -0.469 e. The number of hydrogen-bond donors (Lipinski definition) is 0. The molecular weight excluding hydrogens is 349 g/mol. The van der Waals surface area contributed by atoms with Crippen molar-refractivity contribution in [2.45, 2.75) is 45.1 Å². The number of nitrogens with zero attached hydrogens (tertiary/aromatic N) is 1. The SMILES string of the molecule is COC(=O)CCCCCC/C=N/OCc1c(F)c(F)c(F)c(F)c1F. The van der Waals surface area contributed by atoms with Crippen LogP contribution in [-0.2, 0) is 21.0 Å². The molecule has 0 saturated carbocycles. The average Bonchev–Trinajstić information content (AvgIpc) is 2.61. The maximum Gasteiger partial charge on any atom is 0.305 e. The first-order valence-corrected chi connectivity index (χ1v) is 7.61. The van der Waals surface area contributed by atoms with Crippen LogP contribution in [0.5, 0.6) is 0 Å². The van der Waals surface area contributed by atoms with Crippen molar-refractivity contribution in [3.63, 3.8) is 0 Å². The second-order valence-electron chi connectivity index (χ2n) is 5.14. The number of benzene rings is 1. The van der Waals surface area contributed by atoms with E-state index in [4.69, 9.17) is 0 Å². The van der Waals surface area contributed by atoms with Gasteiger partial charge in [-0.3, -0.25) is 4.79 Å². The number of unbranched alkanes of at least 4 members (excludes halogenated alkanes) is 4. The van der Waals surface area contributed by atoms with Gasteiger partial charge in [-0.1, -0.05) is 18.0 Å². The Morgan fingerprint density at radius 1 is 0.920 bits per heavy atom. The fourth-order valence-corrected chi connectivity index (χ4v) is 1.94. The van der Waals surface area contributed by atoms with Crippen molar-refractivity contribution >= 4 is 12.2 Å². The minimum absolute atomic E-state index is 0.261. The van der Waals surface area contributed by atoms with Crippen LogP contribution in [0, 0.1) is 29.1 Å². The van der Waals surface area contributed by atoms with Crippen molar-refractivity contribution in [3.8, 4) is 0 Å². The van der Waals surface area contributed by atoms with Gasteiger partial charge in [0.1, 0.15) is 6.61 Å². The molecule has 0 spiro atoms. The standard InChI is InChI=1S/C16H18F5NO3/c1-24-11(23)7-5-3-2-4-6-8-22-25-9-10-12(17)14(19)16(21)15(20)13(10)18/h8H,2-7,9H2,1H3/b22-8+. The molecule has 0 radical (unpaired) electrons. The summed E-state index contributed by atoms with van der Waals surface area (Å²) in [4.78, 5) is 15.4. The molecule has 0 bridgehead atoms. The maximum atomic E-state index is 13.3. The molecule has 9 heteroatoms. The molecule has 4 nitrogen and oxygen atoms in total. The molecule has 140 valence electrons. The largest absolute Gasteiger partial charge is 0.469 e. The Morgan fingerprint density at radius 2 is 1.48 bits per heavy atom. The number of esters is 1. The molecule has 25 heavy (non-hydrogen) atoms. The molecule has 0 N–H and O–H groups in total. The first-order chi connectivity index (χ1) is 11.9. The van der Waals surface area contributed by atoms with E-state index >= 15 is 0 Å². The number of methoxy groups -OCH3 is 1. The van der Waals surface area contributed by atoms with Crippen LogP contribution in [0.25, 0.3) is 0 Å². The van der Waals surface area contributed by atoms with Gasteiger partial charge in [-0.15, -0.1) is 0 Å². The Hall–Kier alpha value is -2.19. The Bertz CT molecular complexity index is 593. The van der Waals surface area contributed by atoms with Gasteiger partial charge >= 0.3 is 5.97 Å². The number of carbonyl (C=O) groups excluding carboxylic acids is 1. The molecule has 0 saturated heterocycles. The lowest BCUT2D eigenvalue weighted by Crippen LogP contribution is -2.07. The van der Waals surface area contributed by atoms with Crippen molar-refractivity contribution in [1.82, 2.24) is 0 Å². The quantitative estimate of drug-likeness (QED) is 0.117. The second kappa shape index (κ2) is 10.6. The first kappa shape index (κ1) is 20.9. The smallest absolute Gasteiger partial charge is 0.305 e. The van der Waals surface area contributed by atoms with E-state index in [0.717, 1.165) is 19.3 Å². The molecule has 0 amide bonds. The van der Waals surface area contributed by atoms with Gasteiger partial charge in [-0.05, 0) is 19.3 Å². The Labute approximate surface area is 141 Å². The first-order valence-electron chi connectivity index (χ1n) is 7.61. The van der Waals surface area contributed by atoms with Gasteiger partial charge in [-0.25, -0.2) is 22.0 Å². The van der Waals surface area contributed by atoms with E-state index in [0.29, 0.717) is 19.3 Å². The number of carbonyl (C=O) groups is 1. The number of rotatable bonds is 10. The number of oxime groups is 1. The van der Waals surface area contributed by atoms with Crippen LogP contribution in [-0.4, -0.2) is 19.3 Å². The van der Waals surface area contributed by atoms with E-state index in [2.05, 4.69) is 14.7 Å². The summed E-state index contributed by atoms with van der Waals surface area (Å²) < 4.78 is 70.0. The predicted octanol–water partition coefficient (Wildman–Crippen LogP) is 4.40. The summed E-state index contributed by atoms with van der Waals surface area (Å²) in [5.41, 5.74) is -1.07. The molecule has 0 aliphatic rings. The summed E-state index contributed by atoms with van der Waals surface area (Å²) in [6.07, 6.45) is 5.32. The summed E-state index contributed by atoms with van der Waals surface area (Å²) in [6.45, 7) is -0.874. The van der Waals surface area contributed by atoms with Gasteiger partial charge in [-0.2, -0.15) is 0 Å². The van der Waals surface area contributed by atoms with Crippen LogP contribution in [0.3, 0.4) is 0 Å². The van der Waals surface area contributed by atoms with E-state index in [1.165, 1.54) is 13.3 Å². The number of ether oxygens (including phenoxy) is 1. The van der Waals surface area contributed by atoms with Crippen LogP contribution in [0.4, 0.5) is 22.0 Å². The molecular formula is C16H18F5NO3. The highest BCUT2D eigenvalue weighted by Crippen LogP contribution is 2.23. The van der Waals surface area contributed by atoms with Gasteiger partial charge in [0.15, 0.2) is 23.3 Å². The van der Waals surface area contributed by atoms with Crippen LogP contribution in [0.15, 0.2) is 5.16 Å². The third-order valence-electron chi connectivity index (χ3n) is 3.35. The molecule has 1 aromatic rings. The summed E-state index contributed by atoms with van der Waals surface area (Å²) in [7, 11) is 1.32. The van der Waals surface area contributed by atoms with Crippen molar-refractivity contribution in [3.05, 3.63) is 34.6 Å². The van der Waals surface area contributed by atoms with Gasteiger partial charge in [0, 0.05) is 12.6 Å². The average molecular weight is 367 g/mol. The highest BCUT2D eigenvalue weighted by Gasteiger charge is 2.25. The van der Waals surface area contributed by atoms with Gasteiger partial charge in [0.2, 0.25) is 5.82 Å². The maximum absolute atomic E-state index is 13.3. The van der Waals surface area contributed by atoms with Gasteiger partial charge < -0.3 is 9.57 Å². The van der Waals surface area contributed by atoms with E-state index in [-0.39, 0.29) is 5.97 Å². The summed E-state index contributed by atoms with van der Waals surface area (Å²) in [5, 5.41) is 3.42. The third-order valence-corrected chi connectivity index (χ3v) is 3.35. The molecule has 0 atom stereocenters. The second-order valence-corrected chi connectivity index (χ2v) is 5.14. The van der Waals surface area contributed by atoms with Crippen LogP contribution >= 0.6 is 0 Å². The Morgan fingerprint density at radius 3 is 2.08 bits per heavy atom. The summed E-state index contributed by atoms with van der Waals surface area (Å²) >= 11 is 0. The third kappa shape index (κ3) is 6.32. The van der Waals surface area contributed by atoms with E-state index in [1.807, 2.05) is 0 Å². The van der Waals surface area contributed by atoms with Crippen molar-refractivity contribution in [2.24, 2.45) is 5.16 Å². The fraction of sp³-hybridized carbons (Fsp3) is 0.500. The number of halogens is 5.